The molecule has 3 rings (SSSR count). The SMILES string of the molecule is CNc1cccc(CCCCCCc2ccc3c(c2)CC3)c1. The normalized spacial score (nSPS) is 12.6. The number of rotatable bonds is 8. The second kappa shape index (κ2) is 7.49. The van der Waals surface area contributed by atoms with Gasteiger partial charge in [-0.15, -0.1) is 0 Å². The van der Waals surface area contributed by atoms with E-state index >= 15 is 0 Å². The van der Waals surface area contributed by atoms with Gasteiger partial charge < -0.3 is 5.32 Å². The maximum Gasteiger partial charge on any atom is 0.0340 e. The second-order valence-electron chi connectivity index (χ2n) is 6.47. The Bertz CT molecular complexity index is 615. The molecule has 2 aromatic rings. The number of fused-ring (bicyclic) bond motifs is 1. The first-order valence-corrected chi connectivity index (χ1v) is 8.72. The van der Waals surface area contributed by atoms with E-state index in [9.17, 15) is 0 Å². The molecule has 0 saturated heterocycles. The molecule has 1 nitrogen and oxygen atoms in total. The summed E-state index contributed by atoms with van der Waals surface area (Å²) in [6.07, 6.45) is 10.4. The maximum atomic E-state index is 3.21. The summed E-state index contributed by atoms with van der Waals surface area (Å²) in [4.78, 5) is 0. The van der Waals surface area contributed by atoms with Gasteiger partial charge in [0.2, 0.25) is 0 Å². The third-order valence-corrected chi connectivity index (χ3v) is 4.83. The van der Waals surface area contributed by atoms with Crippen molar-refractivity contribution in [3.63, 3.8) is 0 Å². The molecule has 1 N–H and O–H groups in total. The Balaban J connectivity index is 1.32. The summed E-state index contributed by atoms with van der Waals surface area (Å²) in [6.45, 7) is 0. The minimum Gasteiger partial charge on any atom is -0.388 e. The molecule has 0 atom stereocenters. The van der Waals surface area contributed by atoms with Gasteiger partial charge in [0.25, 0.3) is 0 Å². The molecule has 0 aromatic heterocycles. The monoisotopic (exact) mass is 293 g/mol. The lowest BCUT2D eigenvalue weighted by Gasteiger charge is -2.19. The lowest BCUT2D eigenvalue weighted by Crippen LogP contribution is -2.08. The van der Waals surface area contributed by atoms with Crippen LogP contribution in [0.15, 0.2) is 42.5 Å². The van der Waals surface area contributed by atoms with Gasteiger partial charge in [0, 0.05) is 12.7 Å². The number of unbranched alkanes of at least 4 members (excludes halogenated alkanes) is 3. The van der Waals surface area contributed by atoms with Crippen molar-refractivity contribution >= 4 is 5.69 Å². The fourth-order valence-electron chi connectivity index (χ4n) is 3.30. The van der Waals surface area contributed by atoms with Crippen LogP contribution in [-0.4, -0.2) is 7.05 Å². The third-order valence-electron chi connectivity index (χ3n) is 4.83. The molecular weight excluding hydrogens is 266 g/mol. The van der Waals surface area contributed by atoms with Gasteiger partial charge in [-0.1, -0.05) is 43.2 Å². The van der Waals surface area contributed by atoms with Crippen LogP contribution in [0.25, 0.3) is 0 Å². The van der Waals surface area contributed by atoms with Gasteiger partial charge in [0.05, 0.1) is 0 Å². The van der Waals surface area contributed by atoms with Crippen LogP contribution in [0.1, 0.15) is 47.9 Å². The largest absolute Gasteiger partial charge is 0.388 e. The van der Waals surface area contributed by atoms with E-state index in [2.05, 4.69) is 47.8 Å². The molecule has 116 valence electrons. The topological polar surface area (TPSA) is 12.0 Å². The predicted molar refractivity (Wildman–Crippen MR) is 95.7 cm³/mol. The van der Waals surface area contributed by atoms with Gasteiger partial charge in [-0.3, -0.25) is 0 Å². The van der Waals surface area contributed by atoms with Gasteiger partial charge >= 0.3 is 0 Å². The van der Waals surface area contributed by atoms with Crippen molar-refractivity contribution in [1.29, 1.82) is 0 Å². The highest BCUT2D eigenvalue weighted by Gasteiger charge is 2.12. The van der Waals surface area contributed by atoms with Gasteiger partial charge in [-0.25, -0.2) is 0 Å². The minimum absolute atomic E-state index is 1.20. The molecule has 1 aliphatic rings. The number of anilines is 1. The molecule has 22 heavy (non-hydrogen) atoms. The fourth-order valence-corrected chi connectivity index (χ4v) is 3.30. The summed E-state index contributed by atoms with van der Waals surface area (Å²) in [5, 5.41) is 3.21. The van der Waals surface area contributed by atoms with E-state index < -0.39 is 0 Å². The van der Waals surface area contributed by atoms with Crippen LogP contribution in [0.4, 0.5) is 5.69 Å². The average molecular weight is 293 g/mol. The van der Waals surface area contributed by atoms with Crippen LogP contribution < -0.4 is 5.32 Å². The van der Waals surface area contributed by atoms with Gasteiger partial charge in [0.1, 0.15) is 0 Å². The van der Waals surface area contributed by atoms with Gasteiger partial charge in [0.15, 0.2) is 0 Å². The van der Waals surface area contributed by atoms with Crippen molar-refractivity contribution in [2.24, 2.45) is 0 Å². The summed E-state index contributed by atoms with van der Waals surface area (Å²) in [5.74, 6) is 0. The van der Waals surface area contributed by atoms with E-state index in [0.717, 1.165) is 0 Å². The molecule has 1 aliphatic carbocycles. The summed E-state index contributed by atoms with van der Waals surface area (Å²) < 4.78 is 0. The fraction of sp³-hybridized carbons (Fsp3) is 0.429. The van der Waals surface area contributed by atoms with E-state index in [1.165, 1.54) is 62.6 Å². The Kier molecular flexibility index (Phi) is 5.15. The van der Waals surface area contributed by atoms with Gasteiger partial charge in [-0.05, 0) is 72.9 Å². The number of hydrogen-bond donors (Lipinski definition) is 1. The van der Waals surface area contributed by atoms with Crippen LogP contribution in [0, 0.1) is 0 Å². The Morgan fingerprint density at radius 2 is 1.50 bits per heavy atom. The van der Waals surface area contributed by atoms with Crippen molar-refractivity contribution in [2.75, 3.05) is 12.4 Å². The van der Waals surface area contributed by atoms with Crippen LogP contribution in [0.5, 0.6) is 0 Å². The Labute approximate surface area is 134 Å². The smallest absolute Gasteiger partial charge is 0.0340 e. The maximum absolute atomic E-state index is 3.21. The highest BCUT2D eigenvalue weighted by atomic mass is 14.8. The third kappa shape index (κ3) is 3.91. The first-order valence-electron chi connectivity index (χ1n) is 8.72. The van der Waals surface area contributed by atoms with Crippen molar-refractivity contribution in [2.45, 2.75) is 51.4 Å². The number of benzene rings is 2. The summed E-state index contributed by atoms with van der Waals surface area (Å²) in [6, 6.07) is 15.9. The zero-order valence-corrected chi connectivity index (χ0v) is 13.7. The average Bonchev–Trinajstić information content (AvgIpc) is 2.53. The number of aryl methyl sites for hydroxylation is 4. The first-order chi connectivity index (χ1) is 10.8. The lowest BCUT2D eigenvalue weighted by molar-refractivity contribution is 0.639. The zero-order chi connectivity index (χ0) is 15.2. The molecule has 0 saturated carbocycles. The van der Waals surface area contributed by atoms with Crippen molar-refractivity contribution in [1.82, 2.24) is 0 Å². The molecule has 0 heterocycles. The summed E-state index contributed by atoms with van der Waals surface area (Å²) in [5.41, 5.74) is 7.39. The van der Waals surface area contributed by atoms with E-state index in [4.69, 9.17) is 0 Å². The van der Waals surface area contributed by atoms with Crippen molar-refractivity contribution in [3.8, 4) is 0 Å². The standard InChI is InChI=1S/C21H27N/c1-22-21-10-6-9-17(16-21)7-4-2-3-5-8-18-11-12-19-13-14-20(19)15-18/h6,9-12,15-16,22H,2-5,7-8,13-14H2,1H3. The Morgan fingerprint density at radius 3 is 2.14 bits per heavy atom. The summed E-state index contributed by atoms with van der Waals surface area (Å²) >= 11 is 0. The molecule has 2 aromatic carbocycles. The molecule has 0 bridgehead atoms. The lowest BCUT2D eigenvalue weighted by atomic mass is 9.86. The van der Waals surface area contributed by atoms with Crippen LogP contribution in [0.3, 0.4) is 0 Å². The zero-order valence-electron chi connectivity index (χ0n) is 13.7. The number of nitrogens with one attached hydrogen (secondary N) is 1. The van der Waals surface area contributed by atoms with Crippen LogP contribution in [0.2, 0.25) is 0 Å². The highest BCUT2D eigenvalue weighted by Crippen LogP contribution is 2.24. The van der Waals surface area contributed by atoms with E-state index in [1.54, 1.807) is 16.7 Å². The molecule has 0 radical (unpaired) electrons. The number of hydrogen-bond acceptors (Lipinski definition) is 1. The molecule has 0 fully saturated rings. The van der Waals surface area contributed by atoms with E-state index in [-0.39, 0.29) is 0 Å². The molecular formula is C21H27N. The quantitative estimate of drug-likeness (QED) is 0.662. The van der Waals surface area contributed by atoms with E-state index in [0.29, 0.717) is 0 Å². The minimum atomic E-state index is 1.20. The second-order valence-corrected chi connectivity index (χ2v) is 6.47. The Hall–Kier alpha value is -1.76. The van der Waals surface area contributed by atoms with Crippen LogP contribution in [-0.2, 0) is 25.7 Å². The molecule has 0 unspecified atom stereocenters. The highest BCUT2D eigenvalue weighted by molar-refractivity contribution is 5.45. The van der Waals surface area contributed by atoms with Crippen molar-refractivity contribution < 1.29 is 0 Å². The Morgan fingerprint density at radius 1 is 0.773 bits per heavy atom. The first kappa shape index (κ1) is 15.1. The van der Waals surface area contributed by atoms with Crippen molar-refractivity contribution in [3.05, 3.63) is 64.7 Å². The van der Waals surface area contributed by atoms with Crippen LogP contribution >= 0.6 is 0 Å². The van der Waals surface area contributed by atoms with Gasteiger partial charge in [-0.2, -0.15) is 0 Å². The molecule has 0 amide bonds. The molecule has 1 heteroatoms. The molecule has 0 aliphatic heterocycles. The summed E-state index contributed by atoms with van der Waals surface area (Å²) in [7, 11) is 1.98. The predicted octanol–water partition coefficient (Wildman–Crippen LogP) is 5.17. The molecule has 0 spiro atoms. The van der Waals surface area contributed by atoms with E-state index in [1.807, 2.05) is 7.05 Å².